The van der Waals surface area contributed by atoms with E-state index in [-0.39, 0.29) is 5.56 Å². The van der Waals surface area contributed by atoms with Crippen molar-refractivity contribution in [1.29, 1.82) is 5.26 Å². The topological polar surface area (TPSA) is 48.7 Å². The third-order valence-corrected chi connectivity index (χ3v) is 2.91. The number of anilines is 1. The molecule has 1 aromatic heterocycles. The number of hydrogen-bond donors (Lipinski definition) is 1. The summed E-state index contributed by atoms with van der Waals surface area (Å²) >= 11 is 0. The lowest BCUT2D eigenvalue weighted by Crippen LogP contribution is -2.10. The number of aromatic nitrogens is 1. The van der Waals surface area contributed by atoms with Crippen LogP contribution in [0.4, 0.5) is 18.9 Å². The molecule has 21 heavy (non-hydrogen) atoms. The van der Waals surface area contributed by atoms with Gasteiger partial charge in [-0.15, -0.1) is 0 Å². The van der Waals surface area contributed by atoms with Gasteiger partial charge in [0.1, 0.15) is 0 Å². The summed E-state index contributed by atoms with van der Waals surface area (Å²) in [5.74, 6) is 0. The maximum Gasteiger partial charge on any atom is 0.417 e. The first kappa shape index (κ1) is 14.9. The zero-order chi connectivity index (χ0) is 15.3. The number of alkyl halides is 3. The molecule has 108 valence electrons. The van der Waals surface area contributed by atoms with Crippen LogP contribution in [0, 0.1) is 11.3 Å². The number of hydrogen-bond acceptors (Lipinski definition) is 3. The second-order valence-corrected chi connectivity index (χ2v) is 4.41. The van der Waals surface area contributed by atoms with Crippen LogP contribution in [0.5, 0.6) is 0 Å². The van der Waals surface area contributed by atoms with Gasteiger partial charge < -0.3 is 5.32 Å². The quantitative estimate of drug-likeness (QED) is 0.935. The Morgan fingerprint density at radius 2 is 2.05 bits per heavy atom. The van der Waals surface area contributed by atoms with Gasteiger partial charge in [0.25, 0.3) is 0 Å². The molecule has 1 heterocycles. The van der Waals surface area contributed by atoms with Crippen molar-refractivity contribution >= 4 is 5.69 Å². The molecule has 2 aromatic rings. The average Bonchev–Trinajstić information content (AvgIpc) is 2.47. The summed E-state index contributed by atoms with van der Waals surface area (Å²) in [5.41, 5.74) is 0.0385. The molecule has 1 N–H and O–H groups in total. The molecule has 0 amide bonds. The SMILES string of the molecule is N#Cc1ccc(NCCc2cccnc2)cc1C(F)(F)F. The summed E-state index contributed by atoms with van der Waals surface area (Å²) in [6.45, 7) is 0.481. The molecular formula is C15H12F3N3. The first-order valence-corrected chi connectivity index (χ1v) is 6.25. The number of halogens is 3. The summed E-state index contributed by atoms with van der Waals surface area (Å²) in [6.07, 6.45) is -0.518. The van der Waals surface area contributed by atoms with Crippen molar-refractivity contribution in [1.82, 2.24) is 4.98 Å². The fraction of sp³-hybridized carbons (Fsp3) is 0.200. The lowest BCUT2D eigenvalue weighted by atomic mass is 10.1. The molecule has 0 aliphatic heterocycles. The van der Waals surface area contributed by atoms with Gasteiger partial charge in [0.15, 0.2) is 0 Å². The van der Waals surface area contributed by atoms with Gasteiger partial charge in [-0.05, 0) is 36.2 Å². The Bertz CT molecular complexity index is 645. The lowest BCUT2D eigenvalue weighted by molar-refractivity contribution is -0.137. The van der Waals surface area contributed by atoms with E-state index in [4.69, 9.17) is 5.26 Å². The van der Waals surface area contributed by atoms with Gasteiger partial charge >= 0.3 is 6.18 Å². The highest BCUT2D eigenvalue weighted by atomic mass is 19.4. The van der Waals surface area contributed by atoms with Crippen LogP contribution in [0.2, 0.25) is 0 Å². The molecule has 0 atom stereocenters. The van der Waals surface area contributed by atoms with E-state index in [1.165, 1.54) is 12.1 Å². The van der Waals surface area contributed by atoms with E-state index >= 15 is 0 Å². The van der Waals surface area contributed by atoms with Crippen LogP contribution in [-0.4, -0.2) is 11.5 Å². The molecule has 0 aliphatic carbocycles. The maximum atomic E-state index is 12.8. The van der Waals surface area contributed by atoms with Gasteiger partial charge in [-0.2, -0.15) is 18.4 Å². The average molecular weight is 291 g/mol. The van der Waals surface area contributed by atoms with Gasteiger partial charge in [-0.25, -0.2) is 0 Å². The van der Waals surface area contributed by atoms with E-state index in [1.807, 2.05) is 6.07 Å². The second-order valence-electron chi connectivity index (χ2n) is 4.41. The Labute approximate surface area is 120 Å². The smallest absolute Gasteiger partial charge is 0.385 e. The van der Waals surface area contributed by atoms with E-state index in [1.54, 1.807) is 24.5 Å². The largest absolute Gasteiger partial charge is 0.417 e. The Morgan fingerprint density at radius 1 is 1.24 bits per heavy atom. The molecule has 0 fully saturated rings. The van der Waals surface area contributed by atoms with E-state index < -0.39 is 11.7 Å². The molecule has 0 spiro atoms. The zero-order valence-electron chi connectivity index (χ0n) is 11.0. The Balaban J connectivity index is 2.06. The molecule has 0 saturated heterocycles. The highest BCUT2D eigenvalue weighted by Gasteiger charge is 2.33. The molecule has 6 heteroatoms. The molecule has 0 unspecified atom stereocenters. The summed E-state index contributed by atoms with van der Waals surface area (Å²) < 4.78 is 38.4. The maximum absolute atomic E-state index is 12.8. The number of pyridine rings is 1. The van der Waals surface area contributed by atoms with Crippen LogP contribution in [0.1, 0.15) is 16.7 Å². The second kappa shape index (κ2) is 6.27. The molecule has 0 bridgehead atoms. The summed E-state index contributed by atoms with van der Waals surface area (Å²) in [6, 6.07) is 8.86. The predicted molar refractivity (Wildman–Crippen MR) is 72.6 cm³/mol. The minimum absolute atomic E-state index is 0.338. The van der Waals surface area contributed by atoms with Crippen molar-refractivity contribution in [3.63, 3.8) is 0 Å². The molecule has 0 saturated carbocycles. The third-order valence-electron chi connectivity index (χ3n) is 2.91. The first-order valence-electron chi connectivity index (χ1n) is 6.25. The monoisotopic (exact) mass is 291 g/mol. The first-order chi connectivity index (χ1) is 10.0. The van der Waals surface area contributed by atoms with Crippen molar-refractivity contribution in [2.24, 2.45) is 0 Å². The fourth-order valence-corrected chi connectivity index (χ4v) is 1.88. The van der Waals surface area contributed by atoms with Crippen molar-refractivity contribution in [3.05, 3.63) is 59.4 Å². The Kier molecular flexibility index (Phi) is 4.43. The predicted octanol–water partition coefficient (Wildman–Crippen LogP) is 3.63. The zero-order valence-corrected chi connectivity index (χ0v) is 11.0. The van der Waals surface area contributed by atoms with Crippen LogP contribution in [0.3, 0.4) is 0 Å². The van der Waals surface area contributed by atoms with Gasteiger partial charge in [0, 0.05) is 24.6 Å². The van der Waals surface area contributed by atoms with E-state index in [0.29, 0.717) is 18.7 Å². The number of benzene rings is 1. The summed E-state index contributed by atoms with van der Waals surface area (Å²) in [4.78, 5) is 3.97. The highest BCUT2D eigenvalue weighted by molar-refractivity contribution is 5.53. The van der Waals surface area contributed by atoms with Crippen LogP contribution < -0.4 is 5.32 Å². The van der Waals surface area contributed by atoms with Crippen LogP contribution in [0.15, 0.2) is 42.7 Å². The van der Waals surface area contributed by atoms with Crippen molar-refractivity contribution < 1.29 is 13.2 Å². The molecule has 3 nitrogen and oxygen atoms in total. The molecule has 0 aliphatic rings. The number of nitrogens with one attached hydrogen (secondary N) is 1. The number of rotatable bonds is 4. The molecular weight excluding hydrogens is 279 g/mol. The number of nitrogens with zero attached hydrogens (tertiary/aromatic N) is 2. The van der Waals surface area contributed by atoms with Crippen molar-refractivity contribution in [2.45, 2.75) is 12.6 Å². The van der Waals surface area contributed by atoms with Crippen molar-refractivity contribution in [3.8, 4) is 6.07 Å². The lowest BCUT2D eigenvalue weighted by Gasteiger charge is -2.12. The van der Waals surface area contributed by atoms with Crippen LogP contribution in [-0.2, 0) is 12.6 Å². The Morgan fingerprint density at radius 3 is 2.67 bits per heavy atom. The molecule has 2 rings (SSSR count). The minimum Gasteiger partial charge on any atom is -0.385 e. The normalized spacial score (nSPS) is 11.0. The molecule has 1 aromatic carbocycles. The van der Waals surface area contributed by atoms with Gasteiger partial charge in [0.05, 0.1) is 17.2 Å². The van der Waals surface area contributed by atoms with Crippen LogP contribution >= 0.6 is 0 Å². The standard InChI is InChI=1S/C15H12F3N3/c16-15(17,18)14-8-13(4-3-12(14)9-19)21-7-5-11-2-1-6-20-10-11/h1-4,6,8,10,21H,5,7H2. The summed E-state index contributed by atoms with van der Waals surface area (Å²) in [5, 5.41) is 11.6. The van der Waals surface area contributed by atoms with E-state index in [2.05, 4.69) is 10.3 Å². The van der Waals surface area contributed by atoms with Gasteiger partial charge in [-0.1, -0.05) is 6.07 Å². The number of nitriles is 1. The van der Waals surface area contributed by atoms with Crippen molar-refractivity contribution in [2.75, 3.05) is 11.9 Å². The van der Waals surface area contributed by atoms with E-state index in [9.17, 15) is 13.2 Å². The molecule has 0 radical (unpaired) electrons. The van der Waals surface area contributed by atoms with Crippen LogP contribution in [0.25, 0.3) is 0 Å². The van der Waals surface area contributed by atoms with Gasteiger partial charge in [0.2, 0.25) is 0 Å². The highest BCUT2D eigenvalue weighted by Crippen LogP contribution is 2.33. The third kappa shape index (κ3) is 3.96. The fourth-order valence-electron chi connectivity index (χ4n) is 1.88. The van der Waals surface area contributed by atoms with E-state index in [0.717, 1.165) is 11.6 Å². The minimum atomic E-state index is -4.54. The Hall–Kier alpha value is -2.55. The summed E-state index contributed by atoms with van der Waals surface area (Å²) in [7, 11) is 0. The van der Waals surface area contributed by atoms with Gasteiger partial charge in [-0.3, -0.25) is 4.98 Å².